The molecule has 0 radical (unpaired) electrons. The Hall–Kier alpha value is -1.55. The summed E-state index contributed by atoms with van der Waals surface area (Å²) in [6.07, 6.45) is 3.79. The van der Waals surface area contributed by atoms with Crippen molar-refractivity contribution in [3.8, 4) is 5.75 Å². The number of nitrogens with two attached hydrogens (primary N) is 1. The van der Waals surface area contributed by atoms with Crippen LogP contribution in [0.3, 0.4) is 0 Å². The second kappa shape index (κ2) is 7.63. The number of ether oxygens (including phenoxy) is 1. The monoisotopic (exact) mass is 305 g/mol. The number of carbonyl (C=O) groups excluding carboxylic acids is 1. The molecule has 0 aromatic heterocycles. The lowest BCUT2D eigenvalue weighted by Gasteiger charge is -2.33. The normalized spacial score (nSPS) is 26.3. The van der Waals surface area contributed by atoms with Gasteiger partial charge in [0, 0.05) is 5.92 Å². The van der Waals surface area contributed by atoms with E-state index >= 15 is 0 Å². The van der Waals surface area contributed by atoms with E-state index in [2.05, 4.69) is 24.5 Å². The summed E-state index contributed by atoms with van der Waals surface area (Å²) in [5, 5.41) is 5.22. The number of hydrogen-bond donors (Lipinski definition) is 2. The van der Waals surface area contributed by atoms with Crippen LogP contribution in [0.15, 0.2) is 24.3 Å². The maximum atomic E-state index is 12.4. The van der Waals surface area contributed by atoms with Gasteiger partial charge in [0.15, 0.2) is 6.04 Å². The first-order chi connectivity index (χ1) is 10.5. The molecule has 4 heteroatoms. The van der Waals surface area contributed by atoms with E-state index in [1.807, 2.05) is 31.2 Å². The molecule has 2 rings (SSSR count). The highest BCUT2D eigenvalue weighted by Gasteiger charge is 2.32. The summed E-state index contributed by atoms with van der Waals surface area (Å²) < 4.78 is 5.28. The fourth-order valence-corrected chi connectivity index (χ4v) is 3.35. The van der Waals surface area contributed by atoms with Gasteiger partial charge in [-0.25, -0.2) is 0 Å². The van der Waals surface area contributed by atoms with Crippen molar-refractivity contribution >= 4 is 11.6 Å². The molecular weight excluding hydrogens is 276 g/mol. The molecule has 4 atom stereocenters. The third-order valence-corrected chi connectivity index (χ3v) is 5.08. The van der Waals surface area contributed by atoms with Crippen LogP contribution in [0.2, 0.25) is 0 Å². The van der Waals surface area contributed by atoms with Crippen molar-refractivity contribution in [1.29, 1.82) is 0 Å². The van der Waals surface area contributed by atoms with Gasteiger partial charge in [-0.3, -0.25) is 4.79 Å². The molecule has 0 spiro atoms. The summed E-state index contributed by atoms with van der Waals surface area (Å²) in [5.74, 6) is 2.15. The van der Waals surface area contributed by atoms with Gasteiger partial charge in [-0.2, -0.15) is 0 Å². The summed E-state index contributed by atoms with van der Waals surface area (Å²) in [4.78, 5) is 12.4. The van der Waals surface area contributed by atoms with Crippen LogP contribution in [-0.2, 0) is 4.79 Å². The van der Waals surface area contributed by atoms with Crippen LogP contribution in [0, 0.1) is 11.8 Å². The molecule has 4 nitrogen and oxygen atoms in total. The number of amides is 1. The lowest BCUT2D eigenvalue weighted by Crippen LogP contribution is -2.97. The Bertz CT molecular complexity index is 504. The van der Waals surface area contributed by atoms with Crippen LogP contribution >= 0.6 is 0 Å². The predicted octanol–water partition coefficient (Wildman–Crippen LogP) is 2.41. The van der Waals surface area contributed by atoms with Crippen molar-refractivity contribution in [2.24, 2.45) is 11.8 Å². The van der Waals surface area contributed by atoms with E-state index in [4.69, 9.17) is 4.74 Å². The summed E-state index contributed by atoms with van der Waals surface area (Å²) >= 11 is 0. The van der Waals surface area contributed by atoms with Crippen molar-refractivity contribution in [3.05, 3.63) is 24.3 Å². The highest BCUT2D eigenvalue weighted by molar-refractivity contribution is 5.94. The minimum atomic E-state index is -0.0948. The largest absolute Gasteiger partial charge is 0.495 e. The maximum Gasteiger partial charge on any atom is 0.282 e. The number of carbonyl (C=O) groups is 1. The van der Waals surface area contributed by atoms with Gasteiger partial charge in [0.1, 0.15) is 5.75 Å². The molecule has 0 aliphatic heterocycles. The van der Waals surface area contributed by atoms with Gasteiger partial charge in [-0.05, 0) is 44.2 Å². The van der Waals surface area contributed by atoms with Crippen molar-refractivity contribution in [3.63, 3.8) is 0 Å². The quantitative estimate of drug-likeness (QED) is 0.878. The van der Waals surface area contributed by atoms with E-state index < -0.39 is 0 Å². The molecule has 1 aliphatic rings. The average Bonchev–Trinajstić information content (AvgIpc) is 2.52. The van der Waals surface area contributed by atoms with Crippen LogP contribution in [0.5, 0.6) is 5.75 Å². The molecule has 1 aromatic carbocycles. The number of nitrogens with one attached hydrogen (secondary N) is 1. The lowest BCUT2D eigenvalue weighted by molar-refractivity contribution is -0.715. The minimum Gasteiger partial charge on any atom is -0.495 e. The molecule has 1 amide bonds. The number of rotatable bonds is 5. The number of anilines is 1. The van der Waals surface area contributed by atoms with Crippen LogP contribution in [-0.4, -0.2) is 25.1 Å². The van der Waals surface area contributed by atoms with Gasteiger partial charge < -0.3 is 15.4 Å². The van der Waals surface area contributed by atoms with Gasteiger partial charge in [0.25, 0.3) is 5.91 Å². The minimum absolute atomic E-state index is 0.0370. The summed E-state index contributed by atoms with van der Waals surface area (Å²) in [7, 11) is 1.62. The topological polar surface area (TPSA) is 54.9 Å². The Balaban J connectivity index is 1.94. The molecule has 0 unspecified atom stereocenters. The summed E-state index contributed by atoms with van der Waals surface area (Å²) in [6.45, 7) is 6.62. The molecule has 22 heavy (non-hydrogen) atoms. The molecule has 1 saturated carbocycles. The molecule has 0 bridgehead atoms. The van der Waals surface area contributed by atoms with Gasteiger partial charge in [0.05, 0.1) is 18.8 Å². The molecule has 0 saturated heterocycles. The van der Waals surface area contributed by atoms with Crippen molar-refractivity contribution in [1.82, 2.24) is 0 Å². The summed E-state index contributed by atoms with van der Waals surface area (Å²) in [5.41, 5.74) is 0.736. The third kappa shape index (κ3) is 4.01. The standard InChI is InChI=1S/C18H28N2O2/c1-12-8-7-10-15(13(12)2)19-14(3)18(21)20-16-9-5-6-11-17(16)22-4/h5-6,9,11-15,19H,7-8,10H2,1-4H3,(H,20,21)/p+1/t12-,13-,14+,15-/m1/s1. The zero-order chi connectivity index (χ0) is 16.1. The van der Waals surface area contributed by atoms with Crippen molar-refractivity contribution in [2.45, 2.75) is 52.1 Å². The first-order valence-electron chi connectivity index (χ1n) is 8.31. The lowest BCUT2D eigenvalue weighted by atomic mass is 9.78. The van der Waals surface area contributed by atoms with E-state index in [1.54, 1.807) is 7.11 Å². The van der Waals surface area contributed by atoms with E-state index in [1.165, 1.54) is 19.3 Å². The Morgan fingerprint density at radius 2 is 2.05 bits per heavy atom. The molecular formula is C18H29N2O2+. The van der Waals surface area contributed by atoms with Crippen LogP contribution in [0.25, 0.3) is 0 Å². The number of hydrogen-bond acceptors (Lipinski definition) is 2. The molecule has 3 N–H and O–H groups in total. The predicted molar refractivity (Wildman–Crippen MR) is 89.0 cm³/mol. The molecule has 1 aliphatic carbocycles. The SMILES string of the molecule is COc1ccccc1NC(=O)[C@H](C)[NH2+][C@@H]1CCC[C@@H](C)[C@H]1C. The second-order valence-electron chi connectivity index (χ2n) is 6.60. The fraction of sp³-hybridized carbons (Fsp3) is 0.611. The highest BCUT2D eigenvalue weighted by Crippen LogP contribution is 2.27. The van der Waals surface area contributed by atoms with E-state index in [9.17, 15) is 4.79 Å². The number of para-hydroxylation sites is 2. The first kappa shape index (κ1) is 16.8. The Labute approximate surface area is 133 Å². The summed E-state index contributed by atoms with van der Waals surface area (Å²) in [6, 6.07) is 7.97. The molecule has 122 valence electrons. The van der Waals surface area contributed by atoms with Crippen LogP contribution < -0.4 is 15.4 Å². The molecule has 0 heterocycles. The second-order valence-corrected chi connectivity index (χ2v) is 6.60. The highest BCUT2D eigenvalue weighted by atomic mass is 16.5. The van der Waals surface area contributed by atoms with E-state index in [-0.39, 0.29) is 11.9 Å². The Morgan fingerprint density at radius 3 is 2.77 bits per heavy atom. The Morgan fingerprint density at radius 1 is 1.32 bits per heavy atom. The van der Waals surface area contributed by atoms with Crippen molar-refractivity contribution < 1.29 is 14.8 Å². The van der Waals surface area contributed by atoms with Gasteiger partial charge in [0.2, 0.25) is 0 Å². The van der Waals surface area contributed by atoms with Crippen molar-refractivity contribution in [2.75, 3.05) is 12.4 Å². The van der Waals surface area contributed by atoms with Gasteiger partial charge in [-0.15, -0.1) is 0 Å². The Kier molecular flexibility index (Phi) is 5.83. The first-order valence-corrected chi connectivity index (χ1v) is 8.31. The van der Waals surface area contributed by atoms with E-state index in [0.717, 1.165) is 11.6 Å². The molecule has 1 aromatic rings. The third-order valence-electron chi connectivity index (χ3n) is 5.08. The number of benzene rings is 1. The zero-order valence-corrected chi connectivity index (χ0v) is 14.1. The average molecular weight is 305 g/mol. The smallest absolute Gasteiger partial charge is 0.282 e. The number of methoxy groups -OCH3 is 1. The van der Waals surface area contributed by atoms with Crippen LogP contribution in [0.4, 0.5) is 5.69 Å². The number of quaternary nitrogens is 1. The molecule has 1 fully saturated rings. The van der Waals surface area contributed by atoms with Crippen LogP contribution in [0.1, 0.15) is 40.0 Å². The zero-order valence-electron chi connectivity index (χ0n) is 14.1. The maximum absolute atomic E-state index is 12.4. The van der Waals surface area contributed by atoms with Gasteiger partial charge >= 0.3 is 0 Å². The fourth-order valence-electron chi connectivity index (χ4n) is 3.35. The van der Waals surface area contributed by atoms with E-state index in [0.29, 0.717) is 17.7 Å². The van der Waals surface area contributed by atoms with Gasteiger partial charge in [-0.1, -0.05) is 26.0 Å².